The van der Waals surface area contributed by atoms with Gasteiger partial charge in [0, 0.05) is 13.3 Å². The maximum Gasteiger partial charge on any atom is 0.372 e. The number of amides is 1. The maximum atomic E-state index is 11.0. The van der Waals surface area contributed by atoms with E-state index in [1.165, 1.54) is 0 Å². The van der Waals surface area contributed by atoms with Crippen LogP contribution in [0.4, 0.5) is 0 Å². The number of hydrogen-bond acceptors (Lipinski definition) is 19. The van der Waals surface area contributed by atoms with Crippen molar-refractivity contribution in [2.24, 2.45) is 0 Å². The highest BCUT2D eigenvalue weighted by atomic mass is 16.7. The summed E-state index contributed by atoms with van der Waals surface area (Å²) >= 11 is 0. The second-order valence-electron chi connectivity index (χ2n) is 9.98. The molecule has 0 aromatic carbocycles. The molecule has 15 atom stereocenters. The van der Waals surface area contributed by atoms with E-state index in [-0.39, 0.29) is 0 Å². The molecule has 0 spiro atoms. The molecule has 2 heterocycles. The normalized spacial score (nSPS) is 35.7. The first-order valence-corrected chi connectivity index (χ1v) is 13.1. The Morgan fingerprint density at radius 2 is 1.32 bits per heavy atom. The van der Waals surface area contributed by atoms with Crippen LogP contribution in [0.2, 0.25) is 0 Å². The van der Waals surface area contributed by atoms with Crippen LogP contribution in [0, 0.1) is 0 Å². The number of aliphatic hydroxyl groups excluding tert-OH is 13. The Hall–Kier alpha value is -2.03. The monoisotopic (exact) mass is 651 g/mol. The summed E-state index contributed by atoms with van der Waals surface area (Å²) < 4.78 is 15.3. The van der Waals surface area contributed by atoms with Crippen molar-refractivity contribution in [1.82, 2.24) is 5.32 Å². The van der Waals surface area contributed by atoms with Crippen molar-refractivity contribution in [3.8, 4) is 0 Å². The molecule has 0 bridgehead atoms. The van der Waals surface area contributed by atoms with Gasteiger partial charge in [-0.3, -0.25) is 9.59 Å². The maximum absolute atomic E-state index is 11.0. The van der Waals surface area contributed by atoms with Crippen LogP contribution < -0.4 is 5.32 Å². The number of carboxylic acids is 1. The minimum atomic E-state index is -1.94. The molecule has 2 saturated heterocycles. The van der Waals surface area contributed by atoms with E-state index in [4.69, 9.17) is 29.5 Å². The third-order valence-corrected chi connectivity index (χ3v) is 6.70. The van der Waals surface area contributed by atoms with Crippen molar-refractivity contribution in [3.05, 3.63) is 0 Å². The van der Waals surface area contributed by atoms with Crippen molar-refractivity contribution in [2.45, 2.75) is 105 Å². The Labute approximate surface area is 248 Å². The van der Waals surface area contributed by atoms with E-state index in [9.17, 15) is 70.6 Å². The number of aliphatic carboxylic acids is 1. The second kappa shape index (κ2) is 18.2. The van der Waals surface area contributed by atoms with Crippen molar-refractivity contribution in [2.75, 3.05) is 19.8 Å². The number of Topliss-reactive ketones (excluding diaryl/α,β-unsaturated/α-hetero) is 1. The second-order valence-corrected chi connectivity index (χ2v) is 9.98. The number of hydrogen-bond donors (Lipinski definition) is 15. The Kier molecular flexibility index (Phi) is 16.5. The minimum Gasteiger partial charge on any atom is -0.475 e. The molecule has 0 unspecified atom stereocenters. The molecule has 0 aliphatic carbocycles. The van der Waals surface area contributed by atoms with Crippen molar-refractivity contribution >= 4 is 17.7 Å². The number of aliphatic hydroxyl groups is 13. The summed E-state index contributed by atoms with van der Waals surface area (Å²) in [6.07, 6.45) is -23.9. The molecule has 2 fully saturated rings. The number of rotatable bonds is 13. The molecule has 258 valence electrons. The standard InChI is InChI=1S/C12H22O11.C11H19NO9/c13-1-3-5(15)6(16)9(19)12(22-3)23-10-4(2-14)21-11(20)8(18)7(10)17;1-4(14)12-8(5(15)2-6(16)11(20)21)10(19)9(18)7(17)3-13/h3-20H,1-2H2;5,7-10,13,15,17-19H,2-3H2,1H3,(H,12,14)(H,20,21)/t3-,4-,5+,6+,7-,8-,9-,10-,11-,12+;5-,7+,8+,9+,10+/m10/s1. The van der Waals surface area contributed by atoms with E-state index >= 15 is 0 Å². The van der Waals surface area contributed by atoms with E-state index in [0.29, 0.717) is 0 Å². The van der Waals surface area contributed by atoms with Crippen molar-refractivity contribution in [3.63, 3.8) is 0 Å². The summed E-state index contributed by atoms with van der Waals surface area (Å²) in [5.74, 6) is -3.89. The molecular weight excluding hydrogens is 610 g/mol. The number of carbonyl (C=O) groups is 3. The van der Waals surface area contributed by atoms with E-state index in [2.05, 4.69) is 0 Å². The van der Waals surface area contributed by atoms with Crippen molar-refractivity contribution < 1.29 is 100 Å². The van der Waals surface area contributed by atoms with Crippen LogP contribution in [-0.4, -0.2) is 201 Å². The van der Waals surface area contributed by atoms with Gasteiger partial charge >= 0.3 is 5.97 Å². The lowest BCUT2D eigenvalue weighted by atomic mass is 9.94. The zero-order valence-corrected chi connectivity index (χ0v) is 23.2. The molecule has 2 aliphatic rings. The molecule has 0 saturated carbocycles. The first kappa shape index (κ1) is 40.0. The summed E-state index contributed by atoms with van der Waals surface area (Å²) in [6, 6.07) is -1.61. The topological polar surface area (TPSA) is 374 Å². The first-order chi connectivity index (χ1) is 20.4. The molecule has 21 heteroatoms. The van der Waals surface area contributed by atoms with Gasteiger partial charge in [-0.25, -0.2) is 4.79 Å². The predicted molar refractivity (Wildman–Crippen MR) is 135 cm³/mol. The van der Waals surface area contributed by atoms with Crippen LogP contribution in [0.25, 0.3) is 0 Å². The molecule has 21 nitrogen and oxygen atoms in total. The van der Waals surface area contributed by atoms with Gasteiger partial charge in [0.2, 0.25) is 11.7 Å². The quantitative estimate of drug-likeness (QED) is 0.0821. The fraction of sp³-hybridized carbons (Fsp3) is 0.870. The molecule has 44 heavy (non-hydrogen) atoms. The lowest BCUT2D eigenvalue weighted by Crippen LogP contribution is -2.64. The number of carbonyl (C=O) groups excluding carboxylic acids is 2. The van der Waals surface area contributed by atoms with Gasteiger partial charge in [-0.15, -0.1) is 0 Å². The number of carboxylic acid groups (broad SMARTS) is 1. The number of nitrogens with one attached hydrogen (secondary N) is 1. The van der Waals surface area contributed by atoms with Gasteiger partial charge in [0.05, 0.1) is 32.0 Å². The predicted octanol–water partition coefficient (Wildman–Crippen LogP) is -9.43. The molecule has 0 aromatic heterocycles. The Balaban J connectivity index is 0.000000443. The minimum absolute atomic E-state index is 0.667. The van der Waals surface area contributed by atoms with Crippen LogP contribution in [0.15, 0.2) is 0 Å². The Morgan fingerprint density at radius 1 is 0.750 bits per heavy atom. The van der Waals surface area contributed by atoms with Crippen LogP contribution in [-0.2, 0) is 28.6 Å². The Bertz CT molecular complexity index is 907. The van der Waals surface area contributed by atoms with E-state index in [0.717, 1.165) is 6.92 Å². The average Bonchev–Trinajstić information content (AvgIpc) is 2.98. The van der Waals surface area contributed by atoms with E-state index < -0.39 is 136 Å². The van der Waals surface area contributed by atoms with Gasteiger partial charge in [0.25, 0.3) is 0 Å². The lowest BCUT2D eigenvalue weighted by molar-refractivity contribution is -0.355. The zero-order chi connectivity index (χ0) is 34.0. The summed E-state index contributed by atoms with van der Waals surface area (Å²) in [5, 5.41) is 134. The molecule has 15 N–H and O–H groups in total. The number of ether oxygens (including phenoxy) is 3. The summed E-state index contributed by atoms with van der Waals surface area (Å²) in [7, 11) is 0. The highest BCUT2D eigenvalue weighted by Crippen LogP contribution is 2.28. The fourth-order valence-electron chi connectivity index (χ4n) is 4.17. The zero-order valence-electron chi connectivity index (χ0n) is 23.2. The van der Waals surface area contributed by atoms with Crippen LogP contribution in [0.1, 0.15) is 13.3 Å². The van der Waals surface area contributed by atoms with Crippen LogP contribution >= 0.6 is 0 Å². The van der Waals surface area contributed by atoms with E-state index in [1.54, 1.807) is 0 Å². The highest BCUT2D eigenvalue weighted by molar-refractivity contribution is 6.32. The van der Waals surface area contributed by atoms with Crippen LogP contribution in [0.5, 0.6) is 0 Å². The van der Waals surface area contributed by atoms with Gasteiger partial charge in [-0.2, -0.15) is 0 Å². The third kappa shape index (κ3) is 10.5. The van der Waals surface area contributed by atoms with Gasteiger partial charge in [0.1, 0.15) is 67.1 Å². The van der Waals surface area contributed by atoms with Crippen molar-refractivity contribution in [1.29, 1.82) is 0 Å². The average molecular weight is 652 g/mol. The molecular formula is C23H41NO20. The SMILES string of the molecule is CC(=O)N[C@@H]([C@@H](O)[C@H](O)[C@H](O)CO)[C@@H](O)CC(=O)C(=O)O.OC[C@H]1O[C@@H](O[C@H]2[C@H](O)[C@@H](O)[C@H](O)O[C@@H]2CO)[C@H](O)[C@@H](O)[C@H]1O. The summed E-state index contributed by atoms with van der Waals surface area (Å²) in [4.78, 5) is 32.4. The smallest absolute Gasteiger partial charge is 0.372 e. The first-order valence-electron chi connectivity index (χ1n) is 13.1. The molecule has 0 aromatic rings. The molecule has 0 radical (unpaired) electrons. The van der Waals surface area contributed by atoms with E-state index in [1.807, 2.05) is 5.32 Å². The van der Waals surface area contributed by atoms with Gasteiger partial charge in [-0.05, 0) is 0 Å². The fourth-order valence-corrected chi connectivity index (χ4v) is 4.17. The molecule has 1 amide bonds. The Morgan fingerprint density at radius 3 is 1.80 bits per heavy atom. The summed E-state index contributed by atoms with van der Waals surface area (Å²) in [5.41, 5.74) is 0. The van der Waals surface area contributed by atoms with Gasteiger partial charge < -0.3 is 91.0 Å². The molecule has 2 aliphatic heterocycles. The number of ketones is 1. The lowest BCUT2D eigenvalue weighted by Gasteiger charge is -2.45. The third-order valence-electron chi connectivity index (χ3n) is 6.70. The van der Waals surface area contributed by atoms with Gasteiger partial charge in [0.15, 0.2) is 12.6 Å². The molecule has 2 rings (SSSR count). The highest BCUT2D eigenvalue weighted by Gasteiger charge is 2.50. The largest absolute Gasteiger partial charge is 0.475 e. The van der Waals surface area contributed by atoms with Crippen LogP contribution in [0.3, 0.4) is 0 Å². The van der Waals surface area contributed by atoms with Gasteiger partial charge in [-0.1, -0.05) is 0 Å². The summed E-state index contributed by atoms with van der Waals surface area (Å²) in [6.45, 7) is -1.21.